The molecule has 1 aliphatic rings. The molecule has 11 heteroatoms. The van der Waals surface area contributed by atoms with E-state index in [-0.39, 0.29) is 17.0 Å². The predicted molar refractivity (Wildman–Crippen MR) is 101 cm³/mol. The number of nitrogens with zero attached hydrogens (tertiary/aromatic N) is 3. The number of hydrogen-bond acceptors (Lipinski definition) is 4. The van der Waals surface area contributed by atoms with E-state index in [0.29, 0.717) is 30.5 Å². The molecule has 2 unspecified atom stereocenters. The van der Waals surface area contributed by atoms with Gasteiger partial charge in [-0.3, -0.25) is 14.3 Å². The van der Waals surface area contributed by atoms with Crippen molar-refractivity contribution >= 4 is 22.7 Å². The van der Waals surface area contributed by atoms with E-state index in [4.69, 9.17) is 5.11 Å². The van der Waals surface area contributed by atoms with Crippen LogP contribution in [0.5, 0.6) is 0 Å². The van der Waals surface area contributed by atoms with Crippen molar-refractivity contribution < 1.29 is 32.1 Å². The average molecular weight is 443 g/mol. The summed E-state index contributed by atoms with van der Waals surface area (Å²) < 4.78 is 55.7. The largest absolute Gasteiger partial charge is 0.480 e. The number of carbonyl (C=O) groups excluding carboxylic acids is 1. The molecule has 2 atom stereocenters. The van der Waals surface area contributed by atoms with E-state index in [1.165, 1.54) is 28.3 Å². The van der Waals surface area contributed by atoms with Gasteiger partial charge in [0.1, 0.15) is 17.5 Å². The fraction of sp³-hybridized carbons (Fsp3) is 0.421. The highest BCUT2D eigenvalue weighted by Crippen LogP contribution is 2.37. The van der Waals surface area contributed by atoms with Gasteiger partial charge in [-0.25, -0.2) is 8.51 Å². The average Bonchev–Trinajstić information content (AvgIpc) is 3.08. The van der Waals surface area contributed by atoms with Crippen LogP contribution in [0.25, 0.3) is 0 Å². The first-order chi connectivity index (χ1) is 14.0. The number of halogens is 3. The number of hydrogen-bond donors (Lipinski definition) is 1. The molecule has 30 heavy (non-hydrogen) atoms. The van der Waals surface area contributed by atoms with E-state index in [0.717, 1.165) is 19.1 Å². The number of fused-ring (bicyclic) bond motifs is 1. The number of carboxylic acid groups (broad SMARTS) is 1. The fourth-order valence-electron chi connectivity index (χ4n) is 3.59. The number of carbonyl (C=O) groups is 2. The van der Waals surface area contributed by atoms with E-state index in [2.05, 4.69) is 5.10 Å². The minimum absolute atomic E-state index is 0.123. The maximum atomic E-state index is 13.3. The summed E-state index contributed by atoms with van der Waals surface area (Å²) in [7, 11) is -0.453. The number of alkyl halides is 3. The summed E-state index contributed by atoms with van der Waals surface area (Å²) in [5.74, 6) is -1.60. The number of benzene rings is 1. The van der Waals surface area contributed by atoms with E-state index >= 15 is 0 Å². The molecule has 1 aromatic heterocycles. The molecule has 1 N–H and O–H groups in total. The third-order valence-corrected chi connectivity index (χ3v) is 6.48. The number of aromatic nitrogens is 2. The van der Waals surface area contributed by atoms with Crippen LogP contribution in [0.3, 0.4) is 0 Å². The molecule has 1 aromatic carbocycles. The maximum absolute atomic E-state index is 13.3. The van der Waals surface area contributed by atoms with Gasteiger partial charge in [0.2, 0.25) is 0 Å². The summed E-state index contributed by atoms with van der Waals surface area (Å²) in [4.78, 5) is 22.6. The van der Waals surface area contributed by atoms with Crippen LogP contribution in [0, 0.1) is 0 Å². The lowest BCUT2D eigenvalue weighted by Crippen LogP contribution is -2.30. The van der Waals surface area contributed by atoms with Crippen LogP contribution in [0.1, 0.15) is 53.0 Å². The molecule has 0 amide bonds. The van der Waals surface area contributed by atoms with Gasteiger partial charge in [0.15, 0.2) is 5.78 Å². The second kappa shape index (κ2) is 8.31. The second-order valence-corrected chi connectivity index (χ2v) is 8.65. The third-order valence-electron chi connectivity index (χ3n) is 5.06. The molecular formula is C19H20F3N3O4S. The highest BCUT2D eigenvalue weighted by atomic mass is 32.2. The highest BCUT2D eigenvalue weighted by molar-refractivity contribution is 7.82. The van der Waals surface area contributed by atoms with Crippen molar-refractivity contribution in [3.63, 3.8) is 0 Å². The second-order valence-electron chi connectivity index (χ2n) is 7.10. The first-order valence-electron chi connectivity index (χ1n) is 9.13. The van der Waals surface area contributed by atoms with Crippen LogP contribution in [-0.2, 0) is 34.9 Å². The lowest BCUT2D eigenvalue weighted by molar-refractivity contribution is -0.138. The summed E-state index contributed by atoms with van der Waals surface area (Å²) in [6.07, 6.45) is -1.28. The van der Waals surface area contributed by atoms with E-state index in [9.17, 15) is 27.0 Å². The molecular weight excluding hydrogens is 423 g/mol. The normalized spacial score (nSPS) is 17.6. The quantitative estimate of drug-likeness (QED) is 0.692. The molecule has 1 heterocycles. The van der Waals surface area contributed by atoms with Gasteiger partial charge in [0.25, 0.3) is 0 Å². The Morgan fingerprint density at radius 2 is 2.03 bits per heavy atom. The van der Waals surface area contributed by atoms with Crippen molar-refractivity contribution in [2.24, 2.45) is 0 Å². The molecule has 3 rings (SSSR count). The Kier molecular flexibility index (Phi) is 6.14. The summed E-state index contributed by atoms with van der Waals surface area (Å²) in [5, 5.41) is 13.1. The van der Waals surface area contributed by atoms with Gasteiger partial charge in [-0.05, 0) is 44.4 Å². The van der Waals surface area contributed by atoms with Crippen LogP contribution in [0.2, 0.25) is 0 Å². The first-order valence-corrected chi connectivity index (χ1v) is 10.2. The topological polar surface area (TPSA) is 92.5 Å². The molecule has 7 nitrogen and oxygen atoms in total. The Morgan fingerprint density at radius 1 is 1.33 bits per heavy atom. The van der Waals surface area contributed by atoms with Crippen molar-refractivity contribution in [1.82, 2.24) is 14.1 Å². The Hall–Kier alpha value is -2.53. The Labute approximate surface area is 173 Å². The van der Waals surface area contributed by atoms with Gasteiger partial charge < -0.3 is 5.11 Å². The zero-order valence-corrected chi connectivity index (χ0v) is 17.1. The van der Waals surface area contributed by atoms with Crippen LogP contribution in [0.15, 0.2) is 29.3 Å². The lowest BCUT2D eigenvalue weighted by Gasteiger charge is -2.30. The molecule has 0 radical (unpaired) electrons. The summed E-state index contributed by atoms with van der Waals surface area (Å²) in [6.45, 7) is 0.848. The zero-order valence-electron chi connectivity index (χ0n) is 16.3. The molecule has 0 aliphatic heterocycles. The molecule has 162 valence electrons. The Morgan fingerprint density at radius 3 is 2.63 bits per heavy atom. The molecule has 0 fully saturated rings. The summed E-state index contributed by atoms with van der Waals surface area (Å²) >= 11 is 0. The summed E-state index contributed by atoms with van der Waals surface area (Å²) in [5.41, 5.74) is 0.217. The number of Topliss-reactive ketones (excluding diaryl/α,β-unsaturated/α-hetero) is 1. The van der Waals surface area contributed by atoms with Crippen molar-refractivity contribution in [2.45, 2.75) is 49.8 Å². The first kappa shape index (κ1) is 22.2. The third kappa shape index (κ3) is 4.46. The SMILES string of the molecule is CC(=O)c1cc(S(=O)N(C)C2CCCc3c2cnn3CC(=O)O)cc(C(F)(F)F)c1. The molecule has 2 aromatic rings. The lowest BCUT2D eigenvalue weighted by atomic mass is 9.93. The number of ketones is 1. The van der Waals surface area contributed by atoms with Gasteiger partial charge in [-0.1, -0.05) is 0 Å². The smallest absolute Gasteiger partial charge is 0.416 e. The highest BCUT2D eigenvalue weighted by Gasteiger charge is 2.34. The van der Waals surface area contributed by atoms with Gasteiger partial charge in [0.05, 0.1) is 22.7 Å². The molecule has 0 spiro atoms. The fourth-order valence-corrected chi connectivity index (χ4v) is 4.82. The Bertz CT molecular complexity index is 1020. The van der Waals surface area contributed by atoms with Crippen molar-refractivity contribution in [3.05, 3.63) is 46.8 Å². The molecule has 0 saturated heterocycles. The van der Waals surface area contributed by atoms with Crippen molar-refractivity contribution in [1.29, 1.82) is 0 Å². The Balaban J connectivity index is 1.96. The van der Waals surface area contributed by atoms with Gasteiger partial charge >= 0.3 is 12.1 Å². The van der Waals surface area contributed by atoms with Crippen LogP contribution in [0.4, 0.5) is 13.2 Å². The van der Waals surface area contributed by atoms with E-state index < -0.39 is 40.5 Å². The van der Waals surface area contributed by atoms with Crippen LogP contribution < -0.4 is 0 Å². The number of aliphatic carboxylic acids is 1. The zero-order chi connectivity index (χ0) is 22.2. The van der Waals surface area contributed by atoms with Gasteiger partial charge in [-0.15, -0.1) is 0 Å². The molecule has 0 saturated carbocycles. The van der Waals surface area contributed by atoms with E-state index in [1.807, 2.05) is 0 Å². The molecule has 0 bridgehead atoms. The van der Waals surface area contributed by atoms with Crippen molar-refractivity contribution in [2.75, 3.05) is 7.05 Å². The van der Waals surface area contributed by atoms with Gasteiger partial charge in [0, 0.05) is 23.9 Å². The standard InChI is InChI=1S/C19H20F3N3O4S/c1-11(26)12-6-13(19(20,21)22)8-14(7-12)30(29)24(2)16-4-3-5-17-15(16)9-23-25(17)10-18(27)28/h6-9,16H,3-5,10H2,1-2H3,(H,27,28). The number of rotatable bonds is 6. The van der Waals surface area contributed by atoms with Crippen LogP contribution in [-0.4, -0.2) is 42.2 Å². The van der Waals surface area contributed by atoms with Crippen molar-refractivity contribution in [3.8, 4) is 0 Å². The van der Waals surface area contributed by atoms with Crippen LogP contribution >= 0.6 is 0 Å². The van der Waals surface area contributed by atoms with E-state index in [1.54, 1.807) is 0 Å². The minimum Gasteiger partial charge on any atom is -0.480 e. The predicted octanol–water partition coefficient (Wildman–Crippen LogP) is 3.22. The minimum atomic E-state index is -4.68. The monoisotopic (exact) mass is 443 g/mol. The summed E-state index contributed by atoms with van der Waals surface area (Å²) in [6, 6.07) is 2.34. The maximum Gasteiger partial charge on any atom is 0.416 e. The molecule has 1 aliphatic carbocycles. The van der Waals surface area contributed by atoms with Gasteiger partial charge in [-0.2, -0.15) is 18.3 Å². The number of carboxylic acids is 1.